The van der Waals surface area contributed by atoms with Gasteiger partial charge >= 0.3 is 0 Å². The molecule has 1 N–H and O–H groups in total. The summed E-state index contributed by atoms with van der Waals surface area (Å²) < 4.78 is 0. The molecule has 0 bridgehead atoms. The molecule has 17 heavy (non-hydrogen) atoms. The van der Waals surface area contributed by atoms with Crippen molar-refractivity contribution in [3.8, 4) is 0 Å². The van der Waals surface area contributed by atoms with Crippen molar-refractivity contribution in [2.75, 3.05) is 19.6 Å². The molecule has 3 heteroatoms. The maximum Gasteiger partial charge on any atom is 0.0607 e. The highest BCUT2D eigenvalue weighted by Gasteiger charge is 2.32. The van der Waals surface area contributed by atoms with Crippen LogP contribution in [0.5, 0.6) is 0 Å². The van der Waals surface area contributed by atoms with Crippen LogP contribution in [0.2, 0.25) is 0 Å². The molecule has 0 spiro atoms. The van der Waals surface area contributed by atoms with E-state index in [9.17, 15) is 5.11 Å². The number of rotatable bonds is 4. The van der Waals surface area contributed by atoms with Crippen LogP contribution in [0.15, 0.2) is 0 Å². The van der Waals surface area contributed by atoms with Gasteiger partial charge < -0.3 is 5.11 Å². The Morgan fingerprint density at radius 1 is 1.12 bits per heavy atom. The van der Waals surface area contributed by atoms with E-state index in [1.165, 1.54) is 0 Å². The van der Waals surface area contributed by atoms with E-state index in [1.54, 1.807) is 0 Å². The minimum Gasteiger partial charge on any atom is -0.390 e. The summed E-state index contributed by atoms with van der Waals surface area (Å²) in [5.41, 5.74) is -0.572. The Bertz CT molecular complexity index is 233. The Balaban J connectivity index is 2.69. The van der Waals surface area contributed by atoms with Gasteiger partial charge in [-0.3, -0.25) is 9.80 Å². The predicted octanol–water partition coefficient (Wildman–Crippen LogP) is 1.95. The van der Waals surface area contributed by atoms with Gasteiger partial charge in [-0.25, -0.2) is 0 Å². The number of hydrogen-bond donors (Lipinski definition) is 1. The normalized spacial score (nSPS) is 24.9. The molecule has 102 valence electrons. The van der Waals surface area contributed by atoms with Crippen LogP contribution >= 0.6 is 0 Å². The maximum absolute atomic E-state index is 10.0. The first-order valence-corrected chi connectivity index (χ1v) is 6.93. The number of aliphatic hydroxyl groups is 1. The standard InChI is InChI=1S/C14H30N2O/c1-11(2)15-7-8-16(12(3)4)13(10-15)9-14(5,6)17/h11-13,17H,7-10H2,1-6H3. The zero-order valence-electron chi connectivity index (χ0n) is 12.4. The van der Waals surface area contributed by atoms with Crippen molar-refractivity contribution in [1.29, 1.82) is 0 Å². The molecule has 0 radical (unpaired) electrons. The lowest BCUT2D eigenvalue weighted by atomic mass is 9.95. The van der Waals surface area contributed by atoms with E-state index in [-0.39, 0.29) is 0 Å². The fourth-order valence-corrected chi connectivity index (χ4v) is 2.80. The smallest absolute Gasteiger partial charge is 0.0607 e. The third-order valence-electron chi connectivity index (χ3n) is 3.69. The predicted molar refractivity (Wildman–Crippen MR) is 73.3 cm³/mol. The maximum atomic E-state index is 10.0. The van der Waals surface area contributed by atoms with Gasteiger partial charge in [0.25, 0.3) is 0 Å². The fourth-order valence-electron chi connectivity index (χ4n) is 2.80. The summed E-state index contributed by atoms with van der Waals surface area (Å²) in [6, 6.07) is 1.65. The molecule has 1 heterocycles. The molecule has 0 aliphatic carbocycles. The van der Waals surface area contributed by atoms with E-state index < -0.39 is 5.60 Å². The summed E-state index contributed by atoms with van der Waals surface area (Å²) in [4.78, 5) is 5.06. The van der Waals surface area contributed by atoms with Crippen LogP contribution in [0.3, 0.4) is 0 Å². The van der Waals surface area contributed by atoms with E-state index >= 15 is 0 Å². The first-order chi connectivity index (χ1) is 7.70. The fraction of sp³-hybridized carbons (Fsp3) is 1.00. The molecule has 1 saturated heterocycles. The van der Waals surface area contributed by atoms with E-state index in [4.69, 9.17) is 0 Å². The monoisotopic (exact) mass is 242 g/mol. The molecule has 1 fully saturated rings. The molecule has 0 aromatic carbocycles. The van der Waals surface area contributed by atoms with Crippen LogP contribution in [0.4, 0.5) is 0 Å². The van der Waals surface area contributed by atoms with Gasteiger partial charge in [0.2, 0.25) is 0 Å². The molecule has 3 nitrogen and oxygen atoms in total. The molecule has 1 aliphatic heterocycles. The van der Waals surface area contributed by atoms with Crippen LogP contribution in [0, 0.1) is 0 Å². The van der Waals surface area contributed by atoms with Crippen LogP contribution in [0.25, 0.3) is 0 Å². The molecule has 1 rings (SSSR count). The van der Waals surface area contributed by atoms with E-state index in [1.807, 2.05) is 13.8 Å². The topological polar surface area (TPSA) is 26.7 Å². The summed E-state index contributed by atoms with van der Waals surface area (Å²) in [5.74, 6) is 0. The van der Waals surface area contributed by atoms with Gasteiger partial charge in [0.15, 0.2) is 0 Å². The van der Waals surface area contributed by atoms with Crippen LogP contribution in [-0.4, -0.2) is 58.3 Å². The Kier molecular flexibility index (Phi) is 4.99. The summed E-state index contributed by atoms with van der Waals surface area (Å²) in [5, 5.41) is 10.0. The average Bonchev–Trinajstić information content (AvgIpc) is 2.14. The van der Waals surface area contributed by atoms with Gasteiger partial charge in [-0.15, -0.1) is 0 Å². The molecule has 1 aliphatic rings. The van der Waals surface area contributed by atoms with Gasteiger partial charge in [-0.05, 0) is 48.0 Å². The highest BCUT2D eigenvalue weighted by atomic mass is 16.3. The van der Waals surface area contributed by atoms with E-state index in [0.717, 1.165) is 26.1 Å². The van der Waals surface area contributed by atoms with Crippen molar-refractivity contribution in [1.82, 2.24) is 9.80 Å². The van der Waals surface area contributed by atoms with Gasteiger partial charge in [0.05, 0.1) is 5.60 Å². The van der Waals surface area contributed by atoms with E-state index in [0.29, 0.717) is 18.1 Å². The van der Waals surface area contributed by atoms with Crippen molar-refractivity contribution in [2.45, 2.75) is 71.7 Å². The van der Waals surface area contributed by atoms with Crippen LogP contribution < -0.4 is 0 Å². The van der Waals surface area contributed by atoms with Gasteiger partial charge in [-0.1, -0.05) is 0 Å². The molecular formula is C14H30N2O. The Morgan fingerprint density at radius 3 is 2.12 bits per heavy atom. The average molecular weight is 242 g/mol. The molecule has 0 aromatic heterocycles. The van der Waals surface area contributed by atoms with Crippen molar-refractivity contribution >= 4 is 0 Å². The lowest BCUT2D eigenvalue weighted by molar-refractivity contribution is -0.0171. The highest BCUT2D eigenvalue weighted by Crippen LogP contribution is 2.22. The second-order valence-corrected chi connectivity index (χ2v) is 6.59. The third kappa shape index (κ3) is 4.57. The number of nitrogens with zero attached hydrogens (tertiary/aromatic N) is 2. The second kappa shape index (κ2) is 5.68. The van der Waals surface area contributed by atoms with Gasteiger partial charge in [0.1, 0.15) is 0 Å². The molecular weight excluding hydrogens is 212 g/mol. The number of hydrogen-bond acceptors (Lipinski definition) is 3. The minimum absolute atomic E-state index is 0.478. The summed E-state index contributed by atoms with van der Waals surface area (Å²) in [7, 11) is 0. The summed E-state index contributed by atoms with van der Waals surface area (Å²) in [6.45, 7) is 16.2. The first-order valence-electron chi connectivity index (χ1n) is 6.93. The molecule has 1 unspecified atom stereocenters. The molecule has 1 atom stereocenters. The van der Waals surface area contributed by atoms with Crippen LogP contribution in [0.1, 0.15) is 48.0 Å². The lowest BCUT2D eigenvalue weighted by Gasteiger charge is -2.46. The highest BCUT2D eigenvalue weighted by molar-refractivity contribution is 4.88. The van der Waals surface area contributed by atoms with Gasteiger partial charge in [-0.2, -0.15) is 0 Å². The quantitative estimate of drug-likeness (QED) is 0.816. The third-order valence-corrected chi connectivity index (χ3v) is 3.69. The Labute approximate surface area is 107 Å². The Hall–Kier alpha value is -0.120. The van der Waals surface area contributed by atoms with Crippen molar-refractivity contribution in [3.63, 3.8) is 0 Å². The largest absolute Gasteiger partial charge is 0.390 e. The SMILES string of the molecule is CC(C)N1CCN(C(C)C)C(CC(C)(C)O)C1. The summed E-state index contributed by atoms with van der Waals surface area (Å²) in [6.07, 6.45) is 0.856. The lowest BCUT2D eigenvalue weighted by Crippen LogP contribution is -2.58. The minimum atomic E-state index is -0.572. The molecule has 0 saturated carbocycles. The van der Waals surface area contributed by atoms with Crippen molar-refractivity contribution < 1.29 is 5.11 Å². The summed E-state index contributed by atoms with van der Waals surface area (Å²) >= 11 is 0. The van der Waals surface area contributed by atoms with E-state index in [2.05, 4.69) is 37.5 Å². The first kappa shape index (κ1) is 14.9. The zero-order chi connectivity index (χ0) is 13.2. The van der Waals surface area contributed by atoms with Crippen molar-refractivity contribution in [2.24, 2.45) is 0 Å². The number of piperazine rings is 1. The Morgan fingerprint density at radius 2 is 1.71 bits per heavy atom. The second-order valence-electron chi connectivity index (χ2n) is 6.59. The molecule has 0 aromatic rings. The van der Waals surface area contributed by atoms with Crippen molar-refractivity contribution in [3.05, 3.63) is 0 Å². The molecule has 0 amide bonds. The zero-order valence-corrected chi connectivity index (χ0v) is 12.4. The van der Waals surface area contributed by atoms with Crippen LogP contribution in [-0.2, 0) is 0 Å². The van der Waals surface area contributed by atoms with Gasteiger partial charge in [0, 0.05) is 37.8 Å².